The number of nitrogens with one attached hydrogen (secondary N) is 1. The molecule has 0 unspecified atom stereocenters. The molecule has 0 radical (unpaired) electrons. The minimum atomic E-state index is -0.531. The van der Waals surface area contributed by atoms with Crippen molar-refractivity contribution in [3.63, 3.8) is 0 Å². The second kappa shape index (κ2) is 7.69. The van der Waals surface area contributed by atoms with Crippen molar-refractivity contribution in [2.75, 3.05) is 19.0 Å². The summed E-state index contributed by atoms with van der Waals surface area (Å²) in [5.74, 6) is -0.0709. The van der Waals surface area contributed by atoms with Crippen LogP contribution in [0, 0.1) is 0 Å². The number of nitrogens with zero attached hydrogens (tertiary/aromatic N) is 2. The van der Waals surface area contributed by atoms with E-state index in [2.05, 4.69) is 15.3 Å². The third kappa shape index (κ3) is 3.66. The largest absolute Gasteiger partial charge is 0.503 e. The van der Waals surface area contributed by atoms with E-state index < -0.39 is 5.91 Å². The zero-order chi connectivity index (χ0) is 18.5. The van der Waals surface area contributed by atoms with Gasteiger partial charge in [-0.15, -0.1) is 0 Å². The summed E-state index contributed by atoms with van der Waals surface area (Å²) in [6.45, 7) is 2.65. The van der Waals surface area contributed by atoms with Gasteiger partial charge >= 0.3 is 0 Å². The third-order valence-electron chi connectivity index (χ3n) is 3.70. The van der Waals surface area contributed by atoms with E-state index in [-0.39, 0.29) is 17.2 Å². The molecule has 0 spiro atoms. The van der Waals surface area contributed by atoms with Gasteiger partial charge in [0.15, 0.2) is 17.2 Å². The highest BCUT2D eigenvalue weighted by atomic mass is 16.5. The summed E-state index contributed by atoms with van der Waals surface area (Å²) in [6.07, 6.45) is 2.31. The number of hydrogen-bond donors (Lipinski definition) is 2. The molecule has 2 aromatic heterocycles. The molecule has 7 heteroatoms. The van der Waals surface area contributed by atoms with E-state index in [0.717, 1.165) is 17.3 Å². The van der Waals surface area contributed by atoms with Crippen LogP contribution in [-0.4, -0.2) is 34.7 Å². The molecule has 3 rings (SSSR count). The predicted molar refractivity (Wildman–Crippen MR) is 97.9 cm³/mol. The Labute approximate surface area is 150 Å². The Balaban J connectivity index is 1.81. The van der Waals surface area contributed by atoms with Crippen molar-refractivity contribution >= 4 is 22.5 Å². The second-order valence-electron chi connectivity index (χ2n) is 5.57. The van der Waals surface area contributed by atoms with Crippen LogP contribution in [-0.2, 0) is 0 Å². The van der Waals surface area contributed by atoms with E-state index >= 15 is 0 Å². The number of carbonyl (C=O) groups is 1. The lowest BCUT2D eigenvalue weighted by molar-refractivity contribution is 0.101. The number of rotatable bonds is 6. The van der Waals surface area contributed by atoms with Crippen LogP contribution in [0.5, 0.6) is 17.4 Å². The molecule has 0 bridgehead atoms. The van der Waals surface area contributed by atoms with Gasteiger partial charge in [0.25, 0.3) is 5.91 Å². The van der Waals surface area contributed by atoms with Gasteiger partial charge in [-0.05, 0) is 30.7 Å². The van der Waals surface area contributed by atoms with Crippen molar-refractivity contribution in [2.24, 2.45) is 0 Å². The molecule has 1 aromatic carbocycles. The van der Waals surface area contributed by atoms with Crippen LogP contribution in [0.3, 0.4) is 0 Å². The molecule has 0 saturated carbocycles. The van der Waals surface area contributed by atoms with Crippen LogP contribution in [0.4, 0.5) is 5.69 Å². The summed E-state index contributed by atoms with van der Waals surface area (Å²) in [5, 5.41) is 13.6. The lowest BCUT2D eigenvalue weighted by atomic mass is 10.2. The van der Waals surface area contributed by atoms with E-state index in [0.29, 0.717) is 18.2 Å². The number of fused-ring (bicyclic) bond motifs is 1. The normalized spacial score (nSPS) is 10.5. The highest BCUT2D eigenvalue weighted by Crippen LogP contribution is 2.28. The summed E-state index contributed by atoms with van der Waals surface area (Å²) >= 11 is 0. The minimum Gasteiger partial charge on any atom is -0.503 e. The quantitative estimate of drug-likeness (QED) is 0.705. The van der Waals surface area contributed by atoms with Crippen molar-refractivity contribution in [3.8, 4) is 17.4 Å². The van der Waals surface area contributed by atoms with Gasteiger partial charge in [-0.1, -0.05) is 6.92 Å². The number of amides is 1. The van der Waals surface area contributed by atoms with Gasteiger partial charge in [-0.25, -0.2) is 9.97 Å². The van der Waals surface area contributed by atoms with Crippen LogP contribution in [0.25, 0.3) is 10.9 Å². The van der Waals surface area contributed by atoms with Gasteiger partial charge in [0.1, 0.15) is 0 Å². The van der Waals surface area contributed by atoms with Crippen LogP contribution in [0.2, 0.25) is 0 Å². The number of aromatic nitrogens is 2. The first-order valence-electron chi connectivity index (χ1n) is 8.19. The molecule has 26 heavy (non-hydrogen) atoms. The molecule has 0 atom stereocenters. The number of ether oxygens (including phenoxy) is 2. The first-order chi connectivity index (χ1) is 12.6. The monoisotopic (exact) mass is 353 g/mol. The molecule has 0 aliphatic rings. The van der Waals surface area contributed by atoms with Crippen molar-refractivity contribution in [3.05, 3.63) is 48.3 Å². The molecule has 3 aromatic rings. The Morgan fingerprint density at radius 2 is 2.08 bits per heavy atom. The number of methoxy groups -OCH3 is 1. The molecule has 7 nitrogen and oxygen atoms in total. The Morgan fingerprint density at radius 1 is 1.23 bits per heavy atom. The third-order valence-corrected chi connectivity index (χ3v) is 3.70. The predicted octanol–water partition coefficient (Wildman–Crippen LogP) is 3.39. The zero-order valence-electron chi connectivity index (χ0n) is 14.5. The Bertz CT molecular complexity index is 943. The first-order valence-corrected chi connectivity index (χ1v) is 8.19. The second-order valence-corrected chi connectivity index (χ2v) is 5.57. The van der Waals surface area contributed by atoms with Crippen molar-refractivity contribution < 1.29 is 19.4 Å². The number of anilines is 1. The van der Waals surface area contributed by atoms with Crippen molar-refractivity contribution in [2.45, 2.75) is 13.3 Å². The maximum atomic E-state index is 12.4. The number of carbonyl (C=O) groups excluding carboxylic acids is 1. The van der Waals surface area contributed by atoms with Crippen molar-refractivity contribution in [1.29, 1.82) is 0 Å². The molecule has 0 aliphatic heterocycles. The summed E-state index contributed by atoms with van der Waals surface area (Å²) in [5.41, 5.74) is 1.22. The van der Waals surface area contributed by atoms with E-state index in [1.54, 1.807) is 24.3 Å². The topological polar surface area (TPSA) is 93.6 Å². The molecule has 1 amide bonds. The van der Waals surface area contributed by atoms with E-state index in [4.69, 9.17) is 9.47 Å². The summed E-state index contributed by atoms with van der Waals surface area (Å²) in [4.78, 5) is 20.7. The average molecular weight is 353 g/mol. The molecular weight excluding hydrogens is 334 g/mol. The summed E-state index contributed by atoms with van der Waals surface area (Å²) in [6, 6.07) is 10.5. The molecule has 2 heterocycles. The number of hydrogen-bond acceptors (Lipinski definition) is 6. The van der Waals surface area contributed by atoms with Gasteiger partial charge in [-0.3, -0.25) is 4.79 Å². The highest BCUT2D eigenvalue weighted by Gasteiger charge is 2.17. The van der Waals surface area contributed by atoms with Crippen molar-refractivity contribution in [1.82, 2.24) is 9.97 Å². The molecule has 2 N–H and O–H groups in total. The van der Waals surface area contributed by atoms with E-state index in [1.807, 2.05) is 13.0 Å². The van der Waals surface area contributed by atoms with Crippen LogP contribution >= 0.6 is 0 Å². The van der Waals surface area contributed by atoms with Crippen LogP contribution in [0.1, 0.15) is 23.8 Å². The molecule has 0 saturated heterocycles. The molecule has 0 fully saturated rings. The number of benzene rings is 1. The first kappa shape index (κ1) is 17.5. The zero-order valence-corrected chi connectivity index (χ0v) is 14.5. The fraction of sp³-hybridized carbons (Fsp3) is 0.211. The number of aromatic hydroxyl groups is 1. The maximum Gasteiger partial charge on any atom is 0.278 e. The summed E-state index contributed by atoms with van der Waals surface area (Å²) < 4.78 is 10.5. The standard InChI is InChI=1S/C19H19N3O4/c1-3-10-26-16-7-4-12-11-13(5-6-14(12)22-16)21-19(24)17-18(23)15(25-2)8-9-20-17/h4-9,11,23H,3,10H2,1-2H3,(H,21,24). The lowest BCUT2D eigenvalue weighted by Crippen LogP contribution is -2.14. The number of pyridine rings is 2. The summed E-state index contributed by atoms with van der Waals surface area (Å²) in [7, 11) is 1.41. The SMILES string of the molecule is CCCOc1ccc2cc(NC(=O)c3nccc(OC)c3O)ccc2n1. The minimum absolute atomic E-state index is 0.106. The smallest absolute Gasteiger partial charge is 0.278 e. The van der Waals surface area contributed by atoms with Gasteiger partial charge in [0, 0.05) is 29.4 Å². The molecule has 134 valence electrons. The molecule has 0 aliphatic carbocycles. The maximum absolute atomic E-state index is 12.4. The fourth-order valence-corrected chi connectivity index (χ4v) is 2.43. The van der Waals surface area contributed by atoms with Gasteiger partial charge in [-0.2, -0.15) is 0 Å². The fourth-order valence-electron chi connectivity index (χ4n) is 2.43. The molecular formula is C19H19N3O4. The van der Waals surface area contributed by atoms with Crippen LogP contribution < -0.4 is 14.8 Å². The van der Waals surface area contributed by atoms with Crippen LogP contribution in [0.15, 0.2) is 42.6 Å². The Hall–Kier alpha value is -3.35. The van der Waals surface area contributed by atoms with Gasteiger partial charge in [0.05, 0.1) is 19.2 Å². The Morgan fingerprint density at radius 3 is 2.85 bits per heavy atom. The van der Waals surface area contributed by atoms with Gasteiger partial charge < -0.3 is 19.9 Å². The lowest BCUT2D eigenvalue weighted by Gasteiger charge is -2.09. The van der Waals surface area contributed by atoms with Gasteiger partial charge in [0.2, 0.25) is 5.88 Å². The van der Waals surface area contributed by atoms with E-state index in [9.17, 15) is 9.90 Å². The van der Waals surface area contributed by atoms with E-state index in [1.165, 1.54) is 19.4 Å². The Kier molecular flexibility index (Phi) is 5.17. The average Bonchev–Trinajstić information content (AvgIpc) is 2.66. The highest BCUT2D eigenvalue weighted by molar-refractivity contribution is 6.05.